The Balaban J connectivity index is 1.38. The molecule has 0 fully saturated rings. The molecular weight excluding hydrogens is 418 g/mol. The highest BCUT2D eigenvalue weighted by Crippen LogP contribution is 2.33. The normalized spacial score (nSPS) is 11.8. The van der Waals surface area contributed by atoms with Crippen molar-refractivity contribution in [1.82, 2.24) is 5.16 Å². The first-order valence-electron chi connectivity index (χ1n) is 9.79. The number of esters is 1. The molecule has 2 aromatic carbocycles. The van der Waals surface area contributed by atoms with E-state index < -0.39 is 12.6 Å². The van der Waals surface area contributed by atoms with Gasteiger partial charge in [-0.15, -0.1) is 0 Å². The summed E-state index contributed by atoms with van der Waals surface area (Å²) in [5, 5.41) is 3.89. The number of benzene rings is 2. The van der Waals surface area contributed by atoms with E-state index in [0.717, 1.165) is 11.3 Å². The highest BCUT2D eigenvalue weighted by molar-refractivity contribution is 6.00. The number of ether oxygens (including phenoxy) is 5. The molecule has 0 unspecified atom stereocenters. The number of rotatable bonds is 8. The van der Waals surface area contributed by atoms with Crippen LogP contribution in [0.2, 0.25) is 0 Å². The maximum absolute atomic E-state index is 12.4. The maximum atomic E-state index is 12.4. The van der Waals surface area contributed by atoms with Gasteiger partial charge in [-0.05, 0) is 50.2 Å². The van der Waals surface area contributed by atoms with Crippen LogP contribution in [0.15, 0.2) is 40.9 Å². The lowest BCUT2D eigenvalue weighted by Crippen LogP contribution is -2.14. The van der Waals surface area contributed by atoms with E-state index in [4.69, 9.17) is 28.2 Å². The number of carbonyl (C=O) groups excluding carboxylic acids is 2. The van der Waals surface area contributed by atoms with Crippen LogP contribution in [0.1, 0.15) is 37.7 Å². The minimum absolute atomic E-state index is 0.113. The van der Waals surface area contributed by atoms with Crippen molar-refractivity contribution in [3.63, 3.8) is 0 Å². The van der Waals surface area contributed by atoms with Gasteiger partial charge in [0, 0.05) is 5.56 Å². The number of hydrogen-bond acceptors (Lipinski definition) is 9. The van der Waals surface area contributed by atoms with E-state index in [1.807, 2.05) is 6.92 Å². The number of methoxy groups -OCH3 is 1. The van der Waals surface area contributed by atoms with Gasteiger partial charge in [-0.1, -0.05) is 5.16 Å². The van der Waals surface area contributed by atoms with Crippen LogP contribution in [-0.4, -0.2) is 37.4 Å². The van der Waals surface area contributed by atoms with Gasteiger partial charge in [0.1, 0.15) is 12.4 Å². The monoisotopic (exact) mass is 439 g/mol. The number of aryl methyl sites for hydroxylation is 2. The fraction of sp³-hybridized carbons (Fsp3) is 0.261. The van der Waals surface area contributed by atoms with Gasteiger partial charge in [-0.2, -0.15) is 0 Å². The molecule has 32 heavy (non-hydrogen) atoms. The number of aromatic nitrogens is 1. The molecule has 0 radical (unpaired) electrons. The fourth-order valence-electron chi connectivity index (χ4n) is 3.14. The minimum Gasteiger partial charge on any atom is -0.493 e. The van der Waals surface area contributed by atoms with Gasteiger partial charge < -0.3 is 28.2 Å². The van der Waals surface area contributed by atoms with E-state index in [2.05, 4.69) is 5.16 Å². The van der Waals surface area contributed by atoms with Crippen molar-refractivity contribution in [2.75, 3.05) is 20.5 Å². The summed E-state index contributed by atoms with van der Waals surface area (Å²) in [6.45, 7) is 3.58. The van der Waals surface area contributed by atoms with E-state index in [1.54, 1.807) is 37.3 Å². The summed E-state index contributed by atoms with van der Waals surface area (Å²) >= 11 is 0. The van der Waals surface area contributed by atoms with Crippen LogP contribution in [0, 0.1) is 13.8 Å². The van der Waals surface area contributed by atoms with Gasteiger partial charge in [0.25, 0.3) is 0 Å². The number of fused-ring (bicyclic) bond motifs is 1. The number of nitrogens with zero attached hydrogens (tertiary/aromatic N) is 1. The van der Waals surface area contributed by atoms with Gasteiger partial charge in [-0.3, -0.25) is 4.79 Å². The highest BCUT2D eigenvalue weighted by atomic mass is 16.7. The Kier molecular flexibility index (Phi) is 5.98. The number of carbonyl (C=O) groups is 2. The van der Waals surface area contributed by atoms with Crippen molar-refractivity contribution in [2.45, 2.75) is 20.5 Å². The first kappa shape index (κ1) is 21.2. The summed E-state index contributed by atoms with van der Waals surface area (Å²) in [7, 11) is 1.47. The van der Waals surface area contributed by atoms with E-state index in [-0.39, 0.29) is 24.7 Å². The van der Waals surface area contributed by atoms with Gasteiger partial charge in [0.2, 0.25) is 6.79 Å². The Labute approximate surface area is 183 Å². The van der Waals surface area contributed by atoms with Crippen molar-refractivity contribution in [3.05, 3.63) is 64.5 Å². The molecule has 9 nitrogen and oxygen atoms in total. The number of Topliss-reactive ketones (excluding diaryl/α,β-unsaturated/α-hetero) is 1. The predicted octanol–water partition coefficient (Wildman–Crippen LogP) is 3.65. The van der Waals surface area contributed by atoms with Crippen molar-refractivity contribution in [3.8, 4) is 23.0 Å². The molecular formula is C23H21NO8. The van der Waals surface area contributed by atoms with Crippen LogP contribution in [0.4, 0.5) is 0 Å². The van der Waals surface area contributed by atoms with E-state index in [9.17, 15) is 9.59 Å². The molecule has 0 saturated carbocycles. The van der Waals surface area contributed by atoms with E-state index in [0.29, 0.717) is 34.3 Å². The zero-order valence-electron chi connectivity index (χ0n) is 17.8. The van der Waals surface area contributed by atoms with Gasteiger partial charge in [0.05, 0.1) is 23.9 Å². The Morgan fingerprint density at radius 1 is 1.00 bits per heavy atom. The molecule has 0 atom stereocenters. The van der Waals surface area contributed by atoms with Crippen LogP contribution in [0.25, 0.3) is 0 Å². The smallest absolute Gasteiger partial charge is 0.338 e. The second kappa shape index (κ2) is 9.01. The Bertz CT molecular complexity index is 1150. The summed E-state index contributed by atoms with van der Waals surface area (Å²) in [5.41, 5.74) is 2.18. The number of ketones is 1. The molecule has 1 aromatic heterocycles. The van der Waals surface area contributed by atoms with Crippen LogP contribution >= 0.6 is 0 Å². The van der Waals surface area contributed by atoms with E-state index >= 15 is 0 Å². The topological polar surface area (TPSA) is 106 Å². The molecule has 9 heteroatoms. The Morgan fingerprint density at radius 3 is 2.53 bits per heavy atom. The summed E-state index contributed by atoms with van der Waals surface area (Å²) < 4.78 is 31.9. The Hall–Kier alpha value is -4.01. The van der Waals surface area contributed by atoms with E-state index in [1.165, 1.54) is 13.2 Å². The standard InChI is InChI=1S/C23H21NO8/c1-13-17(14(2)32-24-13)10-28-19-7-5-16(9-21(19)27-3)23(26)29-11-18(25)15-4-6-20-22(8-15)31-12-30-20/h4-9H,10-12H2,1-3H3. The zero-order valence-corrected chi connectivity index (χ0v) is 17.8. The Morgan fingerprint density at radius 2 is 1.78 bits per heavy atom. The number of hydrogen-bond donors (Lipinski definition) is 0. The zero-order chi connectivity index (χ0) is 22.7. The largest absolute Gasteiger partial charge is 0.493 e. The first-order chi connectivity index (χ1) is 15.5. The summed E-state index contributed by atoms with van der Waals surface area (Å²) in [6.07, 6.45) is 0. The molecule has 0 saturated heterocycles. The average molecular weight is 439 g/mol. The minimum atomic E-state index is -0.658. The third-order valence-electron chi connectivity index (χ3n) is 4.98. The second-order valence-electron chi connectivity index (χ2n) is 7.02. The summed E-state index contributed by atoms with van der Waals surface area (Å²) in [4.78, 5) is 24.8. The molecule has 1 aliphatic heterocycles. The lowest BCUT2D eigenvalue weighted by atomic mass is 10.1. The predicted molar refractivity (Wildman–Crippen MR) is 110 cm³/mol. The molecule has 2 heterocycles. The maximum Gasteiger partial charge on any atom is 0.338 e. The molecule has 1 aliphatic rings. The molecule has 0 spiro atoms. The lowest BCUT2D eigenvalue weighted by molar-refractivity contribution is 0.0474. The molecule has 0 N–H and O–H groups in total. The van der Waals surface area contributed by atoms with Gasteiger partial charge in [-0.25, -0.2) is 4.79 Å². The first-order valence-corrected chi connectivity index (χ1v) is 9.79. The summed E-state index contributed by atoms with van der Waals surface area (Å²) in [6, 6.07) is 9.44. The molecule has 166 valence electrons. The van der Waals surface area contributed by atoms with Crippen molar-refractivity contribution in [1.29, 1.82) is 0 Å². The van der Waals surface area contributed by atoms with Crippen molar-refractivity contribution in [2.24, 2.45) is 0 Å². The molecule has 4 rings (SSSR count). The molecule has 0 aliphatic carbocycles. The van der Waals surface area contributed by atoms with Crippen LogP contribution in [0.5, 0.6) is 23.0 Å². The molecule has 3 aromatic rings. The fourth-order valence-corrected chi connectivity index (χ4v) is 3.14. The highest BCUT2D eigenvalue weighted by Gasteiger charge is 2.19. The lowest BCUT2D eigenvalue weighted by Gasteiger charge is -2.12. The van der Waals surface area contributed by atoms with Crippen molar-refractivity contribution < 1.29 is 37.8 Å². The van der Waals surface area contributed by atoms with Crippen molar-refractivity contribution >= 4 is 11.8 Å². The third-order valence-corrected chi connectivity index (χ3v) is 4.98. The second-order valence-corrected chi connectivity index (χ2v) is 7.02. The quantitative estimate of drug-likeness (QED) is 0.384. The molecule has 0 amide bonds. The third kappa shape index (κ3) is 4.36. The van der Waals surface area contributed by atoms with Gasteiger partial charge in [0.15, 0.2) is 35.4 Å². The van der Waals surface area contributed by atoms with Crippen LogP contribution in [-0.2, 0) is 11.3 Å². The van der Waals surface area contributed by atoms with Crippen LogP contribution < -0.4 is 18.9 Å². The SMILES string of the molecule is COc1cc(C(=O)OCC(=O)c2ccc3c(c2)OCO3)ccc1OCc1c(C)noc1C. The van der Waals surface area contributed by atoms with Crippen LogP contribution in [0.3, 0.4) is 0 Å². The molecule has 0 bridgehead atoms. The summed E-state index contributed by atoms with van der Waals surface area (Å²) in [5.74, 6) is 1.52. The van der Waals surface area contributed by atoms with Gasteiger partial charge >= 0.3 is 5.97 Å². The average Bonchev–Trinajstić information content (AvgIpc) is 3.41.